The molecule has 2 aromatic rings. The normalized spacial score (nSPS) is 15.2. The molecule has 0 radical (unpaired) electrons. The third-order valence-electron chi connectivity index (χ3n) is 9.71. The lowest BCUT2D eigenvalue weighted by molar-refractivity contribution is -0.143. The summed E-state index contributed by atoms with van der Waals surface area (Å²) in [7, 11) is 0. The lowest BCUT2D eigenvalue weighted by Gasteiger charge is -2.28. The first-order valence-corrected chi connectivity index (χ1v) is 21.3. The van der Waals surface area contributed by atoms with E-state index in [-0.39, 0.29) is 36.7 Å². The maximum Gasteiger partial charge on any atom is 0.326 e. The number of aromatic hydroxyl groups is 1. The number of carbonyl (C=O) groups is 7. The zero-order valence-electron chi connectivity index (χ0n) is 33.7. The van der Waals surface area contributed by atoms with Crippen molar-refractivity contribution in [3.05, 3.63) is 65.7 Å². The third kappa shape index (κ3) is 16.6. The van der Waals surface area contributed by atoms with Gasteiger partial charge in [0.2, 0.25) is 35.4 Å². The molecular weight excluding hydrogens is 787 g/mol. The van der Waals surface area contributed by atoms with Crippen LogP contribution in [0.4, 0.5) is 0 Å². The van der Waals surface area contributed by atoms with Crippen molar-refractivity contribution in [1.29, 1.82) is 0 Å². The number of nitrogens with one attached hydrogen (secondary N) is 6. The monoisotopic (exact) mass is 845 g/mol. The second-order valence-corrected chi connectivity index (χ2v) is 15.5. The SMILES string of the molecule is CC[C@H](C)[C@H](NC(=O)[C@H](Cc1ccccc1)NC(=O)CNC(=O)[C@H](CCSC)NC(=O)[C@@H](NC(=O)[C@H](Cc1ccc(O)cc1)NC(=O)[C@@H](N)CS)[C@@H](C)CC)C(=O)O. The Bertz CT molecular complexity index is 1670. The number of aliphatic carboxylic acids is 1. The van der Waals surface area contributed by atoms with Crippen molar-refractivity contribution < 1.29 is 43.8 Å². The molecule has 0 aliphatic carbocycles. The number of phenols is 1. The Morgan fingerprint density at radius 1 is 0.690 bits per heavy atom. The highest BCUT2D eigenvalue weighted by molar-refractivity contribution is 7.98. The van der Waals surface area contributed by atoms with Gasteiger partial charge in [0.05, 0.1) is 12.6 Å². The van der Waals surface area contributed by atoms with Crippen molar-refractivity contribution in [2.45, 2.75) is 96.1 Å². The van der Waals surface area contributed by atoms with Gasteiger partial charge in [0.25, 0.3) is 0 Å². The highest BCUT2D eigenvalue weighted by Crippen LogP contribution is 2.15. The topological polar surface area (TPSA) is 258 Å². The summed E-state index contributed by atoms with van der Waals surface area (Å²) in [5, 5.41) is 35.2. The number of nitrogens with two attached hydrogens (primary N) is 1. The van der Waals surface area contributed by atoms with Crippen LogP contribution in [-0.4, -0.2) is 112 Å². The molecule has 0 saturated heterocycles. The van der Waals surface area contributed by atoms with Crippen molar-refractivity contribution in [1.82, 2.24) is 31.9 Å². The van der Waals surface area contributed by atoms with E-state index in [1.54, 1.807) is 63.2 Å². The van der Waals surface area contributed by atoms with Crippen molar-refractivity contribution in [3.63, 3.8) is 0 Å². The quantitative estimate of drug-likeness (QED) is 0.0629. The van der Waals surface area contributed by atoms with Gasteiger partial charge in [-0.25, -0.2) is 4.79 Å². The first-order chi connectivity index (χ1) is 27.5. The molecule has 0 heterocycles. The Hall–Kier alpha value is -4.81. The number of hydrogen-bond acceptors (Lipinski definition) is 11. The standard InChI is InChI=1S/C40H59N7O9S2/c1-6-23(3)33(46-38(53)31(45-35(50)28(41)22-57)20-26-13-15-27(48)16-14-26)39(54)44-29(17-18-58-5)36(51)42-21-32(49)43-30(19-25-11-9-8-10-12-25)37(52)47-34(40(55)56)24(4)7-2/h8-16,23-24,28-31,33-34,48,57H,6-7,17-22,41H2,1-5H3,(H,42,51)(H,43,49)(H,44,54)(H,45,50)(H,46,53)(H,47,52)(H,55,56)/t23-,24-,28-,29-,30-,31-,33-,34-/m0/s1. The molecule has 0 fully saturated rings. The lowest BCUT2D eigenvalue weighted by Crippen LogP contribution is -2.60. The first-order valence-electron chi connectivity index (χ1n) is 19.2. The van der Waals surface area contributed by atoms with E-state index in [1.807, 2.05) is 13.2 Å². The van der Waals surface area contributed by atoms with Crippen LogP contribution in [-0.2, 0) is 46.4 Å². The molecule has 0 aromatic heterocycles. The van der Waals surface area contributed by atoms with Crippen LogP contribution in [0.1, 0.15) is 58.1 Å². The minimum atomic E-state index is -1.21. The smallest absolute Gasteiger partial charge is 0.326 e. The van der Waals surface area contributed by atoms with E-state index >= 15 is 0 Å². The predicted octanol–water partition coefficient (Wildman–Crippen LogP) is 0.905. The summed E-state index contributed by atoms with van der Waals surface area (Å²) in [6.45, 7) is 6.51. The molecule has 2 rings (SSSR count). The fourth-order valence-electron chi connectivity index (χ4n) is 5.69. The number of amides is 6. The number of rotatable bonds is 25. The molecule has 0 aliphatic rings. The van der Waals surface area contributed by atoms with E-state index in [2.05, 4.69) is 44.5 Å². The van der Waals surface area contributed by atoms with Crippen molar-refractivity contribution in [2.75, 3.05) is 24.3 Å². The van der Waals surface area contributed by atoms with E-state index in [0.717, 1.165) is 0 Å². The Balaban J connectivity index is 2.23. The van der Waals surface area contributed by atoms with Crippen LogP contribution in [0.15, 0.2) is 54.6 Å². The van der Waals surface area contributed by atoms with Gasteiger partial charge in [-0.1, -0.05) is 83.0 Å². The Kier molecular flexibility index (Phi) is 21.7. The summed E-state index contributed by atoms with van der Waals surface area (Å²) in [6, 6.07) is 8.14. The van der Waals surface area contributed by atoms with Gasteiger partial charge < -0.3 is 47.8 Å². The minimum absolute atomic E-state index is 0.0126. The molecule has 0 unspecified atom stereocenters. The van der Waals surface area contributed by atoms with Gasteiger partial charge in [-0.3, -0.25) is 28.8 Å². The number of hydrogen-bond donors (Lipinski definition) is 10. The van der Waals surface area contributed by atoms with E-state index < -0.39 is 90.1 Å². The summed E-state index contributed by atoms with van der Waals surface area (Å²) in [5.74, 6) is -5.59. The molecule has 0 bridgehead atoms. The highest BCUT2D eigenvalue weighted by Gasteiger charge is 2.34. The van der Waals surface area contributed by atoms with Gasteiger partial charge in [0.15, 0.2) is 0 Å². The van der Waals surface area contributed by atoms with E-state index in [9.17, 15) is 43.8 Å². The number of carbonyl (C=O) groups excluding carboxylic acids is 6. The molecule has 6 amide bonds. The number of benzene rings is 2. The average molecular weight is 846 g/mol. The molecular formula is C40H59N7O9S2. The molecule has 0 aliphatic heterocycles. The van der Waals surface area contributed by atoms with Gasteiger partial charge in [0, 0.05) is 18.6 Å². The highest BCUT2D eigenvalue weighted by atomic mass is 32.2. The molecule has 320 valence electrons. The van der Waals surface area contributed by atoms with Crippen molar-refractivity contribution in [3.8, 4) is 5.75 Å². The number of thiol groups is 1. The van der Waals surface area contributed by atoms with Crippen LogP contribution in [0.2, 0.25) is 0 Å². The summed E-state index contributed by atoms with van der Waals surface area (Å²) < 4.78 is 0. The van der Waals surface area contributed by atoms with Gasteiger partial charge in [-0.05, 0) is 53.5 Å². The second kappa shape index (κ2) is 25.5. The van der Waals surface area contributed by atoms with Crippen LogP contribution in [0.5, 0.6) is 5.75 Å². The van der Waals surface area contributed by atoms with Gasteiger partial charge >= 0.3 is 5.97 Å². The van der Waals surface area contributed by atoms with E-state index in [0.29, 0.717) is 29.7 Å². The van der Waals surface area contributed by atoms with Crippen LogP contribution >= 0.6 is 24.4 Å². The second-order valence-electron chi connectivity index (χ2n) is 14.2. The zero-order valence-corrected chi connectivity index (χ0v) is 35.4. The van der Waals surface area contributed by atoms with E-state index in [4.69, 9.17) is 5.73 Å². The van der Waals surface area contributed by atoms with Gasteiger partial charge in [-0.15, -0.1) is 0 Å². The first kappa shape index (κ1) is 49.3. The molecule has 0 saturated carbocycles. The number of phenolic OH excluding ortho intramolecular Hbond substituents is 1. The molecule has 2 aromatic carbocycles. The van der Waals surface area contributed by atoms with Crippen LogP contribution < -0.4 is 37.6 Å². The number of carboxylic acids is 1. The number of thioether (sulfide) groups is 1. The summed E-state index contributed by atoms with van der Waals surface area (Å²) in [5.41, 5.74) is 7.18. The van der Waals surface area contributed by atoms with Crippen molar-refractivity contribution >= 4 is 65.8 Å². The van der Waals surface area contributed by atoms with Gasteiger partial charge in [-0.2, -0.15) is 24.4 Å². The molecule has 16 nitrogen and oxygen atoms in total. The van der Waals surface area contributed by atoms with Crippen LogP contribution in [0, 0.1) is 11.8 Å². The molecule has 10 N–H and O–H groups in total. The minimum Gasteiger partial charge on any atom is -0.508 e. The van der Waals surface area contributed by atoms with E-state index in [1.165, 1.54) is 23.9 Å². The Labute approximate surface area is 349 Å². The van der Waals surface area contributed by atoms with Gasteiger partial charge in [0.1, 0.15) is 36.0 Å². The summed E-state index contributed by atoms with van der Waals surface area (Å²) >= 11 is 5.50. The Morgan fingerprint density at radius 2 is 1.21 bits per heavy atom. The molecule has 8 atom stereocenters. The van der Waals surface area contributed by atoms with Crippen LogP contribution in [0.25, 0.3) is 0 Å². The van der Waals surface area contributed by atoms with Crippen LogP contribution in [0.3, 0.4) is 0 Å². The summed E-state index contributed by atoms with van der Waals surface area (Å²) in [4.78, 5) is 92.4. The molecule has 58 heavy (non-hydrogen) atoms. The molecule has 18 heteroatoms. The third-order valence-corrected chi connectivity index (χ3v) is 10.8. The number of carboxylic acid groups (broad SMARTS) is 1. The van der Waals surface area contributed by atoms with Crippen molar-refractivity contribution in [2.24, 2.45) is 17.6 Å². The Morgan fingerprint density at radius 3 is 1.74 bits per heavy atom. The average Bonchev–Trinajstić information content (AvgIpc) is 3.21. The largest absolute Gasteiger partial charge is 0.508 e. The fourth-order valence-corrected chi connectivity index (χ4v) is 6.33. The fraction of sp³-hybridized carbons (Fsp3) is 0.525. The summed E-state index contributed by atoms with van der Waals surface area (Å²) in [6.07, 6.45) is 3.01. The zero-order chi connectivity index (χ0) is 43.4. The predicted molar refractivity (Wildman–Crippen MR) is 226 cm³/mol. The lowest BCUT2D eigenvalue weighted by atomic mass is 9.96. The maximum absolute atomic E-state index is 13.9. The maximum atomic E-state index is 13.9. The molecule has 0 spiro atoms.